The van der Waals surface area contributed by atoms with Crippen molar-refractivity contribution in [1.82, 2.24) is 5.32 Å². The van der Waals surface area contributed by atoms with Gasteiger partial charge >= 0.3 is 5.97 Å². The quantitative estimate of drug-likeness (QED) is 0.514. The Hall–Kier alpha value is -2.57. The van der Waals surface area contributed by atoms with E-state index in [9.17, 15) is 14.4 Å². The summed E-state index contributed by atoms with van der Waals surface area (Å²) >= 11 is 0. The van der Waals surface area contributed by atoms with E-state index in [2.05, 4.69) is 5.32 Å². The summed E-state index contributed by atoms with van der Waals surface area (Å²) in [4.78, 5) is 33.5. The fourth-order valence-electron chi connectivity index (χ4n) is 1.47. The van der Waals surface area contributed by atoms with Crippen LogP contribution in [-0.4, -0.2) is 37.5 Å². The lowest BCUT2D eigenvalue weighted by Gasteiger charge is -2.07. The summed E-state index contributed by atoms with van der Waals surface area (Å²) in [6.45, 7) is 1.94. The number of benzene rings is 1. The Labute approximate surface area is 128 Å². The number of primary amides is 1. The highest BCUT2D eigenvalue weighted by molar-refractivity contribution is 5.89. The molecule has 0 bridgehead atoms. The molecule has 0 aliphatic carbocycles. The van der Waals surface area contributed by atoms with E-state index in [1.165, 1.54) is 0 Å². The van der Waals surface area contributed by atoms with Gasteiger partial charge < -0.3 is 20.5 Å². The molecule has 0 atom stereocenters. The molecule has 7 heteroatoms. The highest BCUT2D eigenvalue weighted by Gasteiger charge is 2.08. The number of carbonyl (C=O) groups is 3. The Morgan fingerprint density at radius 1 is 1.18 bits per heavy atom. The monoisotopic (exact) mass is 308 g/mol. The smallest absolute Gasteiger partial charge is 0.338 e. The summed E-state index contributed by atoms with van der Waals surface area (Å²) in [6, 6.07) is 6.26. The number of hydrogen-bond acceptors (Lipinski definition) is 5. The third-order valence-electron chi connectivity index (χ3n) is 2.65. The zero-order valence-corrected chi connectivity index (χ0v) is 12.5. The molecule has 0 heterocycles. The van der Waals surface area contributed by atoms with Crippen molar-refractivity contribution in [2.24, 2.45) is 5.73 Å². The van der Waals surface area contributed by atoms with Crippen molar-refractivity contribution in [3.8, 4) is 5.75 Å². The molecule has 0 aliphatic rings. The molecular formula is C15H20N2O5. The second-order valence-electron chi connectivity index (χ2n) is 4.55. The number of nitrogens with two attached hydrogens (primary N) is 1. The zero-order valence-electron chi connectivity index (χ0n) is 12.5. The van der Waals surface area contributed by atoms with Crippen LogP contribution < -0.4 is 15.8 Å². The molecule has 1 aromatic rings. The summed E-state index contributed by atoms with van der Waals surface area (Å²) in [5.74, 6) is -1.04. The molecule has 0 spiro atoms. The first-order chi connectivity index (χ1) is 10.5. The highest BCUT2D eigenvalue weighted by atomic mass is 16.5. The van der Waals surface area contributed by atoms with E-state index >= 15 is 0 Å². The molecular weight excluding hydrogens is 288 g/mol. The summed E-state index contributed by atoms with van der Waals surface area (Å²) in [5, 5.41) is 2.30. The van der Waals surface area contributed by atoms with Gasteiger partial charge in [-0.25, -0.2) is 4.79 Å². The first-order valence-corrected chi connectivity index (χ1v) is 6.98. The fourth-order valence-corrected chi connectivity index (χ4v) is 1.47. The van der Waals surface area contributed by atoms with E-state index in [1.54, 1.807) is 24.3 Å². The first kappa shape index (κ1) is 17.5. The van der Waals surface area contributed by atoms with Crippen LogP contribution in [-0.2, 0) is 14.3 Å². The third-order valence-corrected chi connectivity index (χ3v) is 2.65. The normalized spacial score (nSPS) is 9.86. The molecule has 0 aromatic heterocycles. The van der Waals surface area contributed by atoms with Gasteiger partial charge in [-0.3, -0.25) is 9.59 Å². The Morgan fingerprint density at radius 3 is 2.45 bits per heavy atom. The molecule has 7 nitrogen and oxygen atoms in total. The van der Waals surface area contributed by atoms with Crippen LogP contribution in [0, 0.1) is 0 Å². The minimum absolute atomic E-state index is 0.231. The van der Waals surface area contributed by atoms with Crippen molar-refractivity contribution in [1.29, 1.82) is 0 Å². The maximum Gasteiger partial charge on any atom is 0.338 e. The topological polar surface area (TPSA) is 108 Å². The standard InChI is InChI=1S/C15H20N2O5/c1-2-3-8-21-15(20)11-4-6-12(7-5-11)22-10-14(19)17-9-13(16)18/h4-7H,2-3,8-10H2,1H3,(H2,16,18)(H,17,19). The van der Waals surface area contributed by atoms with E-state index in [0.717, 1.165) is 12.8 Å². The number of hydrogen-bond donors (Lipinski definition) is 2. The fraction of sp³-hybridized carbons (Fsp3) is 0.400. The molecule has 0 radical (unpaired) electrons. The summed E-state index contributed by atoms with van der Waals surface area (Å²) in [6.07, 6.45) is 1.78. The Morgan fingerprint density at radius 2 is 1.86 bits per heavy atom. The molecule has 120 valence electrons. The predicted molar refractivity (Wildman–Crippen MR) is 79.3 cm³/mol. The first-order valence-electron chi connectivity index (χ1n) is 6.98. The minimum Gasteiger partial charge on any atom is -0.484 e. The van der Waals surface area contributed by atoms with Crippen LogP contribution >= 0.6 is 0 Å². The Balaban J connectivity index is 2.39. The SMILES string of the molecule is CCCCOC(=O)c1ccc(OCC(=O)NCC(N)=O)cc1. The molecule has 2 amide bonds. The molecule has 0 saturated heterocycles. The van der Waals surface area contributed by atoms with E-state index < -0.39 is 11.8 Å². The highest BCUT2D eigenvalue weighted by Crippen LogP contribution is 2.13. The number of rotatable bonds is 9. The van der Waals surface area contributed by atoms with Gasteiger partial charge in [-0.2, -0.15) is 0 Å². The van der Waals surface area contributed by atoms with E-state index in [4.69, 9.17) is 15.2 Å². The average molecular weight is 308 g/mol. The maximum absolute atomic E-state index is 11.7. The van der Waals surface area contributed by atoms with Crippen molar-refractivity contribution in [2.75, 3.05) is 19.8 Å². The lowest BCUT2D eigenvalue weighted by Crippen LogP contribution is -2.36. The largest absolute Gasteiger partial charge is 0.484 e. The van der Waals surface area contributed by atoms with Crippen LogP contribution in [0.1, 0.15) is 30.1 Å². The Kier molecular flexibility index (Phi) is 7.45. The van der Waals surface area contributed by atoms with Crippen LogP contribution in [0.15, 0.2) is 24.3 Å². The van der Waals surface area contributed by atoms with Crippen molar-refractivity contribution >= 4 is 17.8 Å². The molecule has 0 aliphatic heterocycles. The van der Waals surface area contributed by atoms with Gasteiger partial charge in [0, 0.05) is 0 Å². The van der Waals surface area contributed by atoms with Gasteiger partial charge in [0.25, 0.3) is 5.91 Å². The Bertz CT molecular complexity index is 513. The van der Waals surface area contributed by atoms with Crippen LogP contribution in [0.3, 0.4) is 0 Å². The zero-order chi connectivity index (χ0) is 16.4. The summed E-state index contributed by atoms with van der Waals surface area (Å²) in [5.41, 5.74) is 5.32. The molecule has 0 unspecified atom stereocenters. The van der Waals surface area contributed by atoms with Crippen molar-refractivity contribution in [3.63, 3.8) is 0 Å². The average Bonchev–Trinajstić information content (AvgIpc) is 2.51. The molecule has 1 aromatic carbocycles. The minimum atomic E-state index is -0.626. The maximum atomic E-state index is 11.7. The molecule has 3 N–H and O–H groups in total. The number of esters is 1. The van der Waals surface area contributed by atoms with Gasteiger partial charge in [0.05, 0.1) is 18.7 Å². The number of nitrogens with one attached hydrogen (secondary N) is 1. The van der Waals surface area contributed by atoms with Crippen LogP contribution in [0.25, 0.3) is 0 Å². The molecule has 1 rings (SSSR count). The summed E-state index contributed by atoms with van der Waals surface area (Å²) < 4.78 is 10.3. The van der Waals surface area contributed by atoms with Crippen LogP contribution in [0.5, 0.6) is 5.75 Å². The second kappa shape index (κ2) is 9.38. The van der Waals surface area contributed by atoms with Crippen molar-refractivity contribution < 1.29 is 23.9 Å². The number of ether oxygens (including phenoxy) is 2. The van der Waals surface area contributed by atoms with Crippen molar-refractivity contribution in [3.05, 3.63) is 29.8 Å². The van der Waals surface area contributed by atoms with Gasteiger partial charge in [-0.05, 0) is 30.7 Å². The van der Waals surface area contributed by atoms with Gasteiger partial charge in [0.15, 0.2) is 6.61 Å². The van der Waals surface area contributed by atoms with Gasteiger partial charge in [0.2, 0.25) is 5.91 Å². The lowest BCUT2D eigenvalue weighted by molar-refractivity contribution is -0.126. The summed E-state index contributed by atoms with van der Waals surface area (Å²) in [7, 11) is 0. The van der Waals surface area contributed by atoms with Crippen LogP contribution in [0.2, 0.25) is 0 Å². The predicted octanol–water partition coefficient (Wildman–Crippen LogP) is 0.624. The van der Waals surface area contributed by atoms with Crippen LogP contribution in [0.4, 0.5) is 0 Å². The molecule has 22 heavy (non-hydrogen) atoms. The van der Waals surface area contributed by atoms with Gasteiger partial charge in [0.1, 0.15) is 5.75 Å². The third kappa shape index (κ3) is 6.74. The molecule has 0 fully saturated rings. The number of amides is 2. The lowest BCUT2D eigenvalue weighted by atomic mass is 10.2. The van der Waals surface area contributed by atoms with Crippen molar-refractivity contribution in [2.45, 2.75) is 19.8 Å². The van der Waals surface area contributed by atoms with E-state index in [-0.39, 0.29) is 19.1 Å². The van der Waals surface area contributed by atoms with Gasteiger partial charge in [-0.15, -0.1) is 0 Å². The van der Waals surface area contributed by atoms with E-state index in [0.29, 0.717) is 17.9 Å². The number of carbonyl (C=O) groups excluding carboxylic acids is 3. The number of unbranched alkanes of at least 4 members (excludes halogenated alkanes) is 1. The van der Waals surface area contributed by atoms with Gasteiger partial charge in [-0.1, -0.05) is 13.3 Å². The van der Waals surface area contributed by atoms with E-state index in [1.807, 2.05) is 6.92 Å². The second-order valence-corrected chi connectivity index (χ2v) is 4.55. The molecule has 0 saturated carbocycles.